The number of rotatable bonds is 2. The maximum atomic E-state index is 11.6. The van der Waals surface area contributed by atoms with Crippen molar-refractivity contribution in [1.82, 2.24) is 4.98 Å². The van der Waals surface area contributed by atoms with E-state index in [1.807, 2.05) is 0 Å². The fourth-order valence-electron chi connectivity index (χ4n) is 1.11. The summed E-state index contributed by atoms with van der Waals surface area (Å²) in [6, 6.07) is 3.07. The van der Waals surface area contributed by atoms with Crippen LogP contribution >= 0.6 is 11.6 Å². The van der Waals surface area contributed by atoms with Crippen LogP contribution in [0.5, 0.6) is 0 Å². The minimum Gasteiger partial charge on any atom is -0.444 e. The average molecular weight is 272 g/mol. The molecule has 1 aromatic rings. The molecule has 1 heterocycles. The van der Waals surface area contributed by atoms with Crippen LogP contribution in [0.15, 0.2) is 17.3 Å². The van der Waals surface area contributed by atoms with Crippen LogP contribution < -0.4 is 5.32 Å². The zero-order valence-electron chi connectivity index (χ0n) is 10.3. The fraction of sp³-hybridized carbons (Fsp3) is 0.364. The Balaban J connectivity index is 2.89. The molecule has 0 radical (unpaired) electrons. The van der Waals surface area contributed by atoms with Crippen LogP contribution in [0.3, 0.4) is 0 Å². The van der Waals surface area contributed by atoms with Crippen molar-refractivity contribution in [3.05, 3.63) is 22.8 Å². The SMILES string of the molecule is CC(C)(C)OC(=O)Nc1nc(Cl)ccc1C=NO. The molecule has 0 aromatic carbocycles. The predicted molar refractivity (Wildman–Crippen MR) is 68.5 cm³/mol. The lowest BCUT2D eigenvalue weighted by Crippen LogP contribution is -2.27. The number of hydrogen-bond donors (Lipinski definition) is 2. The number of nitrogens with zero attached hydrogens (tertiary/aromatic N) is 2. The Labute approximate surface area is 110 Å². The van der Waals surface area contributed by atoms with E-state index in [4.69, 9.17) is 21.5 Å². The van der Waals surface area contributed by atoms with Gasteiger partial charge in [0.15, 0.2) is 0 Å². The molecule has 0 atom stereocenters. The first kappa shape index (κ1) is 14.2. The molecule has 0 spiro atoms. The second-order valence-corrected chi connectivity index (χ2v) is 4.83. The van der Waals surface area contributed by atoms with E-state index in [0.717, 1.165) is 6.21 Å². The van der Waals surface area contributed by atoms with Crippen molar-refractivity contribution >= 4 is 29.7 Å². The van der Waals surface area contributed by atoms with Crippen LogP contribution in [0, 0.1) is 0 Å². The van der Waals surface area contributed by atoms with Crippen molar-refractivity contribution < 1.29 is 14.7 Å². The molecular formula is C11H14ClN3O3. The molecule has 98 valence electrons. The summed E-state index contributed by atoms with van der Waals surface area (Å²) in [5.41, 5.74) is -0.207. The lowest BCUT2D eigenvalue weighted by atomic mass is 10.2. The first-order valence-electron chi connectivity index (χ1n) is 5.16. The van der Waals surface area contributed by atoms with Crippen molar-refractivity contribution in [2.75, 3.05) is 5.32 Å². The van der Waals surface area contributed by atoms with Crippen molar-refractivity contribution in [3.63, 3.8) is 0 Å². The van der Waals surface area contributed by atoms with Crippen LogP contribution in [0.2, 0.25) is 5.15 Å². The molecule has 0 saturated carbocycles. The molecular weight excluding hydrogens is 258 g/mol. The van der Waals surface area contributed by atoms with Crippen LogP contribution in [0.4, 0.5) is 10.6 Å². The number of nitrogens with one attached hydrogen (secondary N) is 1. The lowest BCUT2D eigenvalue weighted by Gasteiger charge is -2.19. The van der Waals surface area contributed by atoms with Gasteiger partial charge in [0.05, 0.1) is 6.21 Å². The number of anilines is 1. The monoisotopic (exact) mass is 271 g/mol. The van der Waals surface area contributed by atoms with Gasteiger partial charge in [-0.05, 0) is 32.9 Å². The molecule has 6 nitrogen and oxygen atoms in total. The van der Waals surface area contributed by atoms with Crippen LogP contribution in [0.1, 0.15) is 26.3 Å². The van der Waals surface area contributed by atoms with Crippen molar-refractivity contribution in [1.29, 1.82) is 0 Å². The Hall–Kier alpha value is -1.82. The number of carbonyl (C=O) groups is 1. The summed E-state index contributed by atoms with van der Waals surface area (Å²) in [5, 5.41) is 14.0. The van der Waals surface area contributed by atoms with Gasteiger partial charge in [0.25, 0.3) is 0 Å². The second-order valence-electron chi connectivity index (χ2n) is 4.44. The first-order chi connectivity index (χ1) is 8.31. The van der Waals surface area contributed by atoms with Crippen molar-refractivity contribution in [3.8, 4) is 0 Å². The fourth-order valence-corrected chi connectivity index (χ4v) is 1.26. The molecule has 7 heteroatoms. The van der Waals surface area contributed by atoms with E-state index in [1.165, 1.54) is 6.07 Å². The molecule has 1 rings (SSSR count). The molecule has 0 unspecified atom stereocenters. The highest BCUT2D eigenvalue weighted by Gasteiger charge is 2.17. The third-order valence-electron chi connectivity index (χ3n) is 1.71. The highest BCUT2D eigenvalue weighted by molar-refractivity contribution is 6.29. The topological polar surface area (TPSA) is 83.8 Å². The molecule has 18 heavy (non-hydrogen) atoms. The summed E-state index contributed by atoms with van der Waals surface area (Å²) < 4.78 is 5.07. The van der Waals surface area contributed by atoms with Gasteiger partial charge in [-0.25, -0.2) is 9.78 Å². The molecule has 2 N–H and O–H groups in total. The highest BCUT2D eigenvalue weighted by atomic mass is 35.5. The summed E-state index contributed by atoms with van der Waals surface area (Å²) in [4.78, 5) is 15.5. The Morgan fingerprint density at radius 1 is 1.56 bits per heavy atom. The summed E-state index contributed by atoms with van der Waals surface area (Å²) in [6.07, 6.45) is 0.473. The van der Waals surface area contributed by atoms with Gasteiger partial charge >= 0.3 is 6.09 Å². The Kier molecular flexibility index (Phi) is 4.49. The second kappa shape index (κ2) is 5.68. The number of ether oxygens (including phenoxy) is 1. The van der Waals surface area contributed by atoms with Crippen molar-refractivity contribution in [2.45, 2.75) is 26.4 Å². The maximum absolute atomic E-state index is 11.6. The summed E-state index contributed by atoms with van der Waals surface area (Å²) >= 11 is 5.72. The van der Waals surface area contributed by atoms with E-state index in [1.54, 1.807) is 26.8 Å². The van der Waals surface area contributed by atoms with E-state index in [-0.39, 0.29) is 11.0 Å². The third kappa shape index (κ3) is 4.58. The zero-order chi connectivity index (χ0) is 13.8. The molecule has 0 aliphatic heterocycles. The van der Waals surface area contributed by atoms with Gasteiger partial charge in [-0.2, -0.15) is 0 Å². The number of aromatic nitrogens is 1. The Bertz CT molecular complexity index is 469. The van der Waals surface area contributed by atoms with Gasteiger partial charge in [0, 0.05) is 5.56 Å². The molecule has 0 saturated heterocycles. The minimum absolute atomic E-state index is 0.162. The molecule has 1 aromatic heterocycles. The van der Waals surface area contributed by atoms with E-state index in [2.05, 4.69) is 15.5 Å². The van der Waals surface area contributed by atoms with Gasteiger partial charge in [0.1, 0.15) is 16.6 Å². The number of oxime groups is 1. The van der Waals surface area contributed by atoms with Crippen molar-refractivity contribution in [2.24, 2.45) is 5.16 Å². The van der Waals surface area contributed by atoms with Gasteiger partial charge in [-0.1, -0.05) is 16.8 Å². The quantitative estimate of drug-likeness (QED) is 0.375. The predicted octanol–water partition coefficient (Wildman–Crippen LogP) is 2.89. The standard InChI is InChI=1S/C11H14ClN3O3/c1-11(2,3)18-10(16)15-9-7(6-13-17)4-5-8(12)14-9/h4-6,17H,1-3H3,(H,14,15,16). The average Bonchev–Trinajstić information content (AvgIpc) is 2.19. The minimum atomic E-state index is -0.662. The highest BCUT2D eigenvalue weighted by Crippen LogP contribution is 2.16. The summed E-state index contributed by atoms with van der Waals surface area (Å²) in [7, 11) is 0. The number of pyridine rings is 1. The Morgan fingerprint density at radius 3 is 2.78 bits per heavy atom. The third-order valence-corrected chi connectivity index (χ3v) is 1.92. The van der Waals surface area contributed by atoms with Crippen LogP contribution in [-0.2, 0) is 4.74 Å². The van der Waals surface area contributed by atoms with Gasteiger partial charge < -0.3 is 9.94 Å². The van der Waals surface area contributed by atoms with E-state index < -0.39 is 11.7 Å². The van der Waals surface area contributed by atoms with Gasteiger partial charge in [0.2, 0.25) is 0 Å². The molecule has 1 amide bonds. The molecule has 0 aliphatic carbocycles. The molecule has 0 aliphatic rings. The molecule has 0 bridgehead atoms. The van der Waals surface area contributed by atoms with E-state index in [9.17, 15) is 4.79 Å². The maximum Gasteiger partial charge on any atom is 0.413 e. The van der Waals surface area contributed by atoms with Crippen LogP contribution in [-0.4, -0.2) is 28.1 Å². The number of hydrogen-bond acceptors (Lipinski definition) is 5. The smallest absolute Gasteiger partial charge is 0.413 e. The summed E-state index contributed by atoms with van der Waals surface area (Å²) in [5.74, 6) is 0.162. The van der Waals surface area contributed by atoms with E-state index >= 15 is 0 Å². The number of amides is 1. The largest absolute Gasteiger partial charge is 0.444 e. The zero-order valence-corrected chi connectivity index (χ0v) is 11.0. The number of carbonyl (C=O) groups excluding carboxylic acids is 1. The summed E-state index contributed by atoms with van der Waals surface area (Å²) in [6.45, 7) is 5.23. The van der Waals surface area contributed by atoms with Gasteiger partial charge in [-0.15, -0.1) is 0 Å². The van der Waals surface area contributed by atoms with Crippen LogP contribution in [0.25, 0.3) is 0 Å². The van der Waals surface area contributed by atoms with E-state index in [0.29, 0.717) is 5.56 Å². The lowest BCUT2D eigenvalue weighted by molar-refractivity contribution is 0.0635. The Morgan fingerprint density at radius 2 is 2.22 bits per heavy atom. The first-order valence-corrected chi connectivity index (χ1v) is 5.53. The number of halogens is 1. The normalized spacial score (nSPS) is 11.6. The molecule has 0 fully saturated rings. The van der Waals surface area contributed by atoms with Gasteiger partial charge in [-0.3, -0.25) is 5.32 Å².